The number of nitrogens with zero attached hydrogens (tertiary/aromatic N) is 2. The highest BCUT2D eigenvalue weighted by Crippen LogP contribution is 2.45. The second-order valence-electron chi connectivity index (χ2n) is 7.48. The molecule has 1 unspecified atom stereocenters. The molecular weight excluding hydrogens is 426 g/mol. The van der Waals surface area contributed by atoms with E-state index in [1.54, 1.807) is 24.5 Å². The molecule has 0 radical (unpaired) electrons. The predicted octanol–water partition coefficient (Wildman–Crippen LogP) is 5.72. The number of anilines is 2. The van der Waals surface area contributed by atoms with Gasteiger partial charge in [-0.2, -0.15) is 0 Å². The average Bonchev–Trinajstić information content (AvgIpc) is 3.25. The van der Waals surface area contributed by atoms with Crippen molar-refractivity contribution in [2.24, 2.45) is 0 Å². The first kappa shape index (κ1) is 21.6. The minimum absolute atomic E-state index is 0.519. The van der Waals surface area contributed by atoms with Gasteiger partial charge in [0.15, 0.2) is 5.69 Å². The zero-order chi connectivity index (χ0) is 22.0. The fourth-order valence-electron chi connectivity index (χ4n) is 3.88. The van der Waals surface area contributed by atoms with E-state index in [4.69, 9.17) is 11.3 Å². The Kier molecular flexibility index (Phi) is 6.42. The summed E-state index contributed by atoms with van der Waals surface area (Å²) in [6.07, 6.45) is 0.928. The van der Waals surface area contributed by atoms with Gasteiger partial charge < -0.3 is 15.0 Å². The van der Waals surface area contributed by atoms with Crippen molar-refractivity contribution in [3.8, 4) is 5.75 Å². The third-order valence-electron chi connectivity index (χ3n) is 5.64. The van der Waals surface area contributed by atoms with Crippen molar-refractivity contribution in [3.63, 3.8) is 0 Å². The third-order valence-corrected chi connectivity index (χ3v) is 8.00. The summed E-state index contributed by atoms with van der Waals surface area (Å²) >= 11 is 1.69. The van der Waals surface area contributed by atoms with Gasteiger partial charge in [0, 0.05) is 13.1 Å². The van der Waals surface area contributed by atoms with Crippen molar-refractivity contribution in [3.05, 3.63) is 69.2 Å². The van der Waals surface area contributed by atoms with Crippen LogP contribution in [0.4, 0.5) is 17.1 Å². The van der Waals surface area contributed by atoms with Crippen molar-refractivity contribution < 1.29 is 8.95 Å². The molecule has 2 heterocycles. The third kappa shape index (κ3) is 4.11. The number of methoxy groups -OCH3 is 1. The van der Waals surface area contributed by atoms with E-state index in [0.29, 0.717) is 5.69 Å². The van der Waals surface area contributed by atoms with Gasteiger partial charge in [-0.15, -0.1) is 11.3 Å². The Bertz CT molecular complexity index is 1180. The van der Waals surface area contributed by atoms with E-state index >= 15 is 0 Å². The Morgan fingerprint density at radius 2 is 2.03 bits per heavy atom. The highest BCUT2D eigenvalue weighted by molar-refractivity contribution is 7.85. The number of hydrogen-bond donors (Lipinski definition) is 1. The molecule has 0 spiro atoms. The number of nitrogens with one attached hydrogen (secondary N) is 1. The Hall–Kier alpha value is -2.66. The molecule has 3 aromatic rings. The van der Waals surface area contributed by atoms with Crippen molar-refractivity contribution in [2.75, 3.05) is 25.1 Å². The number of ether oxygens (including phenoxy) is 1. The van der Waals surface area contributed by atoms with Gasteiger partial charge >= 0.3 is 0 Å². The molecule has 0 saturated heterocycles. The lowest BCUT2D eigenvalue weighted by Gasteiger charge is -2.34. The fraction of sp³-hybridized carbons (Fsp3) is 0.292. The van der Waals surface area contributed by atoms with Crippen LogP contribution in [-0.2, 0) is 17.3 Å². The topological polar surface area (TPSA) is 45.9 Å². The van der Waals surface area contributed by atoms with E-state index in [1.165, 1.54) is 10.4 Å². The summed E-state index contributed by atoms with van der Waals surface area (Å²) in [5.74, 6) is 0.931. The number of fused-ring (bicyclic) bond motifs is 2. The molecule has 1 aliphatic heterocycles. The van der Waals surface area contributed by atoms with E-state index < -0.39 is 10.8 Å². The summed E-state index contributed by atoms with van der Waals surface area (Å²) in [7, 11) is 0.412. The molecule has 0 aliphatic carbocycles. The summed E-state index contributed by atoms with van der Waals surface area (Å²) in [5.41, 5.74) is 4.84. The summed E-state index contributed by atoms with van der Waals surface area (Å²) in [4.78, 5) is 8.55. The van der Waals surface area contributed by atoms with Crippen molar-refractivity contribution >= 4 is 39.2 Å². The van der Waals surface area contributed by atoms with Gasteiger partial charge in [-0.05, 0) is 67.6 Å². The van der Waals surface area contributed by atoms with Crippen LogP contribution in [0.1, 0.15) is 22.4 Å². The first-order valence-corrected chi connectivity index (χ1v) is 12.2. The lowest BCUT2D eigenvalue weighted by atomic mass is 10.1. The van der Waals surface area contributed by atoms with Crippen LogP contribution < -0.4 is 15.0 Å². The molecule has 31 heavy (non-hydrogen) atoms. The first-order chi connectivity index (χ1) is 15.0. The molecule has 2 aromatic carbocycles. The molecule has 1 atom stereocenters. The molecule has 0 bridgehead atoms. The fourth-order valence-corrected chi connectivity index (χ4v) is 6.15. The van der Waals surface area contributed by atoms with E-state index in [-0.39, 0.29) is 0 Å². The Labute approximate surface area is 189 Å². The van der Waals surface area contributed by atoms with E-state index in [9.17, 15) is 4.21 Å². The van der Waals surface area contributed by atoms with Crippen molar-refractivity contribution in [1.29, 1.82) is 0 Å². The number of aryl methyl sites for hydroxylation is 1. The van der Waals surface area contributed by atoms with Gasteiger partial charge in [0.1, 0.15) is 5.75 Å². The average molecular weight is 452 g/mol. The molecule has 1 N–H and O–H groups in total. The lowest BCUT2D eigenvalue weighted by Crippen LogP contribution is -2.28. The van der Waals surface area contributed by atoms with Gasteiger partial charge in [0.25, 0.3) is 0 Å². The summed E-state index contributed by atoms with van der Waals surface area (Å²) in [6, 6.07) is 11.5. The molecule has 1 aliphatic rings. The monoisotopic (exact) mass is 451 g/mol. The van der Waals surface area contributed by atoms with Crippen LogP contribution in [0.25, 0.3) is 4.85 Å². The van der Waals surface area contributed by atoms with Crippen LogP contribution >= 0.6 is 11.3 Å². The normalized spacial score (nSPS) is 14.6. The molecule has 4 rings (SSSR count). The minimum atomic E-state index is -1.29. The largest absolute Gasteiger partial charge is 0.496 e. The highest BCUT2D eigenvalue weighted by Gasteiger charge is 2.29. The zero-order valence-electron chi connectivity index (χ0n) is 17.9. The smallest absolute Gasteiger partial charge is 0.188 e. The molecule has 0 fully saturated rings. The summed E-state index contributed by atoms with van der Waals surface area (Å²) < 4.78 is 18.7. The SMILES string of the molecule is [C-]#[N+]c1ccc2c(c1)S(=O)c1ccc(C)c(C)c1N2CCCNCc1sccc1OC. The van der Waals surface area contributed by atoms with Gasteiger partial charge in [-0.1, -0.05) is 12.1 Å². The zero-order valence-corrected chi connectivity index (χ0v) is 19.5. The minimum Gasteiger partial charge on any atom is -0.496 e. The lowest BCUT2D eigenvalue weighted by molar-refractivity contribution is 0.410. The summed E-state index contributed by atoms with van der Waals surface area (Å²) in [5, 5.41) is 5.55. The number of rotatable bonds is 7. The van der Waals surface area contributed by atoms with Gasteiger partial charge in [-0.25, -0.2) is 9.05 Å². The molecule has 5 nitrogen and oxygen atoms in total. The second-order valence-corrected chi connectivity index (χ2v) is 9.90. The molecule has 7 heteroatoms. The van der Waals surface area contributed by atoms with Gasteiger partial charge in [-0.3, -0.25) is 0 Å². The molecule has 1 aromatic heterocycles. The predicted molar refractivity (Wildman–Crippen MR) is 127 cm³/mol. The first-order valence-electron chi connectivity index (χ1n) is 10.2. The molecule has 0 saturated carbocycles. The maximum Gasteiger partial charge on any atom is 0.188 e. The van der Waals surface area contributed by atoms with Gasteiger partial charge in [0.2, 0.25) is 0 Å². The maximum absolute atomic E-state index is 13.3. The number of benzene rings is 2. The van der Waals surface area contributed by atoms with E-state index in [1.807, 2.05) is 35.7 Å². The van der Waals surface area contributed by atoms with Crippen LogP contribution in [0.15, 0.2) is 51.6 Å². The quantitative estimate of drug-likeness (QED) is 0.368. The van der Waals surface area contributed by atoms with Crippen molar-refractivity contribution in [1.82, 2.24) is 5.32 Å². The molecule has 0 amide bonds. The van der Waals surface area contributed by atoms with Crippen LogP contribution in [0, 0.1) is 20.4 Å². The van der Waals surface area contributed by atoms with Crippen LogP contribution in [-0.4, -0.2) is 24.4 Å². The number of hydrogen-bond acceptors (Lipinski definition) is 5. The Balaban J connectivity index is 1.55. The summed E-state index contributed by atoms with van der Waals surface area (Å²) in [6.45, 7) is 13.9. The second kappa shape index (κ2) is 9.23. The van der Waals surface area contributed by atoms with Crippen molar-refractivity contribution in [2.45, 2.75) is 36.6 Å². The highest BCUT2D eigenvalue weighted by atomic mass is 32.2. The van der Waals surface area contributed by atoms with E-state index in [2.05, 4.69) is 28.9 Å². The van der Waals surface area contributed by atoms with Crippen LogP contribution in [0.3, 0.4) is 0 Å². The Morgan fingerprint density at radius 1 is 1.19 bits per heavy atom. The Morgan fingerprint density at radius 3 is 2.81 bits per heavy atom. The van der Waals surface area contributed by atoms with E-state index in [0.717, 1.165) is 58.5 Å². The van der Waals surface area contributed by atoms with Gasteiger partial charge in [0.05, 0.1) is 50.5 Å². The van der Waals surface area contributed by atoms with Crippen LogP contribution in [0.2, 0.25) is 0 Å². The van der Waals surface area contributed by atoms with Crippen LogP contribution in [0.5, 0.6) is 5.75 Å². The maximum atomic E-state index is 13.3. The number of thiophene rings is 1. The molecular formula is C24H25N3O2S2. The standard InChI is InChI=1S/C24H25N3O2S2/c1-16-6-9-22-24(17(16)2)27(19-8-7-18(25-3)14-23(19)31(22)28)12-5-11-26-15-21-20(29-4)10-13-30-21/h6-10,13-14,26H,5,11-12,15H2,1-2,4H3. The molecule has 160 valence electrons.